The summed E-state index contributed by atoms with van der Waals surface area (Å²) in [7, 11) is 0. The van der Waals surface area contributed by atoms with Crippen molar-refractivity contribution in [1.29, 1.82) is 0 Å². The van der Waals surface area contributed by atoms with Crippen molar-refractivity contribution in [3.63, 3.8) is 0 Å². The van der Waals surface area contributed by atoms with Crippen LogP contribution in [0.25, 0.3) is 0 Å². The fourth-order valence-corrected chi connectivity index (χ4v) is 2.45. The maximum Gasteiger partial charge on any atom is 0.329 e. The molecule has 4 heteroatoms. The van der Waals surface area contributed by atoms with Gasteiger partial charge < -0.3 is 10.4 Å². The lowest BCUT2D eigenvalue weighted by Gasteiger charge is -2.26. The highest BCUT2D eigenvalue weighted by Gasteiger charge is 2.34. The van der Waals surface area contributed by atoms with E-state index in [0.29, 0.717) is 12.0 Å². The molecule has 1 amide bonds. The van der Waals surface area contributed by atoms with Crippen LogP contribution in [-0.4, -0.2) is 22.5 Å². The van der Waals surface area contributed by atoms with Crippen LogP contribution >= 0.6 is 0 Å². The summed E-state index contributed by atoms with van der Waals surface area (Å²) in [5.74, 6) is -1.34. The van der Waals surface area contributed by atoms with Crippen molar-refractivity contribution >= 4 is 11.9 Å². The Morgan fingerprint density at radius 1 is 0.952 bits per heavy atom. The minimum Gasteiger partial charge on any atom is -0.480 e. The summed E-state index contributed by atoms with van der Waals surface area (Å²) >= 11 is 0. The molecule has 21 heavy (non-hydrogen) atoms. The average Bonchev–Trinajstić information content (AvgIpc) is 2.42. The van der Waals surface area contributed by atoms with Crippen molar-refractivity contribution < 1.29 is 14.7 Å². The Morgan fingerprint density at radius 3 is 1.67 bits per heavy atom. The number of rotatable bonds is 4. The van der Waals surface area contributed by atoms with Crippen molar-refractivity contribution in [1.82, 2.24) is 5.32 Å². The van der Waals surface area contributed by atoms with Crippen molar-refractivity contribution in [2.45, 2.75) is 60.4 Å². The zero-order valence-electron chi connectivity index (χ0n) is 14.0. The highest BCUT2D eigenvalue weighted by atomic mass is 16.4. The molecule has 0 aliphatic rings. The number of aliphatic carboxylic acids is 1. The van der Waals surface area contributed by atoms with Crippen LogP contribution in [0.4, 0.5) is 0 Å². The molecule has 1 rings (SSSR count). The molecular weight excluding hydrogens is 266 g/mol. The van der Waals surface area contributed by atoms with Gasteiger partial charge in [0.2, 0.25) is 0 Å². The van der Waals surface area contributed by atoms with Crippen LogP contribution in [0, 0.1) is 34.6 Å². The second kappa shape index (κ2) is 5.88. The number of hydrogen-bond donors (Lipinski definition) is 2. The van der Waals surface area contributed by atoms with Gasteiger partial charge in [-0.2, -0.15) is 0 Å². The summed E-state index contributed by atoms with van der Waals surface area (Å²) in [5.41, 5.74) is 4.51. The molecule has 0 saturated carbocycles. The molecule has 0 heterocycles. The molecule has 2 N–H and O–H groups in total. The molecule has 1 aromatic carbocycles. The third kappa shape index (κ3) is 2.94. The van der Waals surface area contributed by atoms with Gasteiger partial charge in [0.1, 0.15) is 5.54 Å². The van der Waals surface area contributed by atoms with E-state index in [0.717, 1.165) is 22.3 Å². The molecule has 4 nitrogen and oxygen atoms in total. The van der Waals surface area contributed by atoms with E-state index in [1.54, 1.807) is 6.92 Å². The molecule has 0 radical (unpaired) electrons. The van der Waals surface area contributed by atoms with Crippen molar-refractivity contribution in [2.24, 2.45) is 0 Å². The molecule has 116 valence electrons. The molecule has 0 aliphatic heterocycles. The van der Waals surface area contributed by atoms with E-state index in [4.69, 9.17) is 0 Å². The Labute approximate surface area is 126 Å². The molecule has 0 saturated heterocycles. The fraction of sp³-hybridized carbons (Fsp3) is 0.529. The van der Waals surface area contributed by atoms with Gasteiger partial charge in [0.15, 0.2) is 0 Å². The normalized spacial score (nSPS) is 13.7. The van der Waals surface area contributed by atoms with Crippen LogP contribution in [0.1, 0.15) is 58.4 Å². The molecule has 0 spiro atoms. The first kappa shape index (κ1) is 17.2. The molecule has 0 fully saturated rings. The van der Waals surface area contributed by atoms with Gasteiger partial charge in [0, 0.05) is 5.56 Å². The Bertz CT molecular complexity index is 576. The summed E-state index contributed by atoms with van der Waals surface area (Å²) in [6.45, 7) is 13.1. The van der Waals surface area contributed by atoms with Gasteiger partial charge in [-0.3, -0.25) is 4.79 Å². The summed E-state index contributed by atoms with van der Waals surface area (Å²) in [5, 5.41) is 12.0. The van der Waals surface area contributed by atoms with Crippen LogP contribution in [0.3, 0.4) is 0 Å². The Balaban J connectivity index is 3.36. The first-order valence-corrected chi connectivity index (χ1v) is 7.19. The summed E-state index contributed by atoms with van der Waals surface area (Å²) in [6.07, 6.45) is 0.329. The predicted molar refractivity (Wildman–Crippen MR) is 83.9 cm³/mol. The lowest BCUT2D eigenvalue weighted by atomic mass is 9.88. The summed E-state index contributed by atoms with van der Waals surface area (Å²) < 4.78 is 0. The predicted octanol–water partition coefficient (Wildman–Crippen LogP) is 3.21. The molecule has 0 bridgehead atoms. The van der Waals surface area contributed by atoms with Gasteiger partial charge in [-0.15, -0.1) is 0 Å². The minimum atomic E-state index is -1.25. The Kier molecular flexibility index (Phi) is 4.82. The van der Waals surface area contributed by atoms with E-state index >= 15 is 0 Å². The smallest absolute Gasteiger partial charge is 0.329 e. The SMILES string of the molecule is CCC(C)(NC(=O)c1c(C)c(C)c(C)c(C)c1C)C(=O)O. The highest BCUT2D eigenvalue weighted by molar-refractivity contribution is 6.00. The number of carboxylic acids is 1. The number of nitrogens with one attached hydrogen (secondary N) is 1. The maximum absolute atomic E-state index is 12.6. The lowest BCUT2D eigenvalue weighted by molar-refractivity contribution is -0.143. The van der Waals surface area contributed by atoms with Crippen LogP contribution in [-0.2, 0) is 4.79 Å². The van der Waals surface area contributed by atoms with E-state index in [2.05, 4.69) is 5.32 Å². The number of carbonyl (C=O) groups excluding carboxylic acids is 1. The lowest BCUT2D eigenvalue weighted by Crippen LogP contribution is -2.52. The maximum atomic E-state index is 12.6. The van der Waals surface area contributed by atoms with E-state index in [1.165, 1.54) is 12.5 Å². The molecule has 0 aromatic heterocycles. The quantitative estimate of drug-likeness (QED) is 0.895. The Morgan fingerprint density at radius 2 is 1.33 bits per heavy atom. The Hall–Kier alpha value is -1.84. The first-order valence-electron chi connectivity index (χ1n) is 7.19. The van der Waals surface area contributed by atoms with E-state index in [-0.39, 0.29) is 5.91 Å². The minimum absolute atomic E-state index is 0.317. The van der Waals surface area contributed by atoms with Crippen LogP contribution in [0.15, 0.2) is 0 Å². The molecule has 1 aromatic rings. The van der Waals surface area contributed by atoms with E-state index < -0.39 is 11.5 Å². The van der Waals surface area contributed by atoms with Crippen molar-refractivity contribution in [2.75, 3.05) is 0 Å². The fourth-order valence-electron chi connectivity index (χ4n) is 2.45. The monoisotopic (exact) mass is 291 g/mol. The molecule has 1 atom stereocenters. The molecule has 1 unspecified atom stereocenters. The third-order valence-electron chi connectivity index (χ3n) is 4.80. The number of carboxylic acid groups (broad SMARTS) is 1. The van der Waals surface area contributed by atoms with E-state index in [9.17, 15) is 14.7 Å². The van der Waals surface area contributed by atoms with Gasteiger partial charge in [-0.05, 0) is 75.8 Å². The number of benzene rings is 1. The topological polar surface area (TPSA) is 66.4 Å². The second-order valence-corrected chi connectivity index (χ2v) is 5.94. The molecule has 0 aliphatic carbocycles. The van der Waals surface area contributed by atoms with Gasteiger partial charge in [0.25, 0.3) is 5.91 Å². The van der Waals surface area contributed by atoms with E-state index in [1.807, 2.05) is 34.6 Å². The zero-order chi connectivity index (χ0) is 16.5. The molecular formula is C17H25NO3. The van der Waals surface area contributed by atoms with Gasteiger partial charge in [-0.1, -0.05) is 6.92 Å². The van der Waals surface area contributed by atoms with Gasteiger partial charge in [-0.25, -0.2) is 4.79 Å². The summed E-state index contributed by atoms with van der Waals surface area (Å²) in [4.78, 5) is 24.0. The average molecular weight is 291 g/mol. The van der Waals surface area contributed by atoms with Crippen LogP contribution in [0.2, 0.25) is 0 Å². The largest absolute Gasteiger partial charge is 0.480 e. The van der Waals surface area contributed by atoms with Gasteiger partial charge >= 0.3 is 5.97 Å². The van der Waals surface area contributed by atoms with Crippen LogP contribution in [0.5, 0.6) is 0 Å². The summed E-state index contributed by atoms with van der Waals surface area (Å²) in [6, 6.07) is 0. The van der Waals surface area contributed by atoms with Crippen molar-refractivity contribution in [3.8, 4) is 0 Å². The third-order valence-corrected chi connectivity index (χ3v) is 4.80. The highest BCUT2D eigenvalue weighted by Crippen LogP contribution is 2.26. The zero-order valence-corrected chi connectivity index (χ0v) is 14.0. The first-order chi connectivity index (χ1) is 9.56. The number of carbonyl (C=O) groups is 2. The second-order valence-electron chi connectivity index (χ2n) is 5.94. The van der Waals surface area contributed by atoms with Gasteiger partial charge in [0.05, 0.1) is 0 Å². The number of hydrogen-bond acceptors (Lipinski definition) is 2. The van der Waals surface area contributed by atoms with Crippen LogP contribution < -0.4 is 5.32 Å². The standard InChI is InChI=1S/C17H25NO3/c1-8-17(7,16(20)21)18-15(19)14-12(5)10(3)9(2)11(4)13(14)6/h8H2,1-7H3,(H,18,19)(H,20,21). The van der Waals surface area contributed by atoms with Crippen molar-refractivity contribution in [3.05, 3.63) is 33.4 Å². The number of amides is 1.